The Morgan fingerprint density at radius 1 is 1.60 bits per heavy atom. The molecule has 1 aliphatic heterocycles. The van der Waals surface area contributed by atoms with Gasteiger partial charge in [0, 0.05) is 6.42 Å². The molecule has 0 amide bonds. The molecule has 0 saturated carbocycles. The molecule has 2 nitrogen and oxygen atoms in total. The van der Waals surface area contributed by atoms with Gasteiger partial charge in [-0.2, -0.15) is 8.78 Å². The van der Waals surface area contributed by atoms with Gasteiger partial charge in [-0.25, -0.2) is 0 Å². The Morgan fingerprint density at radius 3 is 2.70 bits per heavy atom. The van der Waals surface area contributed by atoms with Crippen molar-refractivity contribution in [2.45, 2.75) is 13.0 Å². The molecule has 10 heavy (non-hydrogen) atoms. The Morgan fingerprint density at radius 2 is 2.30 bits per heavy atom. The molecule has 0 spiro atoms. The summed E-state index contributed by atoms with van der Waals surface area (Å²) in [6.07, 6.45) is 1.54. The van der Waals surface area contributed by atoms with Gasteiger partial charge in [0.1, 0.15) is 0 Å². The van der Waals surface area contributed by atoms with E-state index in [2.05, 4.69) is 16.1 Å². The molecule has 1 atom stereocenters. The van der Waals surface area contributed by atoms with Gasteiger partial charge in [0.15, 0.2) is 5.76 Å². The lowest BCUT2D eigenvalue weighted by atomic mass is 10.4. The quantitative estimate of drug-likeness (QED) is 0.557. The SMILES string of the molecule is C=CCC1=C(F)OC(F)O1. The van der Waals surface area contributed by atoms with E-state index in [1.165, 1.54) is 6.08 Å². The van der Waals surface area contributed by atoms with E-state index in [1.807, 2.05) is 0 Å². The molecule has 0 aromatic rings. The van der Waals surface area contributed by atoms with Crippen molar-refractivity contribution in [1.82, 2.24) is 0 Å². The molecule has 0 aromatic heterocycles. The summed E-state index contributed by atoms with van der Waals surface area (Å²) in [5.74, 6) is -0.137. The Balaban J connectivity index is 2.57. The topological polar surface area (TPSA) is 18.5 Å². The Labute approximate surface area is 56.7 Å². The lowest BCUT2D eigenvalue weighted by Gasteiger charge is -1.97. The van der Waals surface area contributed by atoms with Crippen LogP contribution in [-0.4, -0.2) is 6.54 Å². The van der Waals surface area contributed by atoms with E-state index < -0.39 is 12.6 Å². The summed E-state index contributed by atoms with van der Waals surface area (Å²) in [6, 6.07) is -0.993. The van der Waals surface area contributed by atoms with Crippen LogP contribution in [-0.2, 0) is 9.47 Å². The summed E-state index contributed by atoms with van der Waals surface area (Å²) >= 11 is 0. The fraction of sp³-hybridized carbons (Fsp3) is 0.333. The van der Waals surface area contributed by atoms with Crippen LogP contribution in [0.2, 0.25) is 0 Å². The van der Waals surface area contributed by atoms with Crippen molar-refractivity contribution in [3.05, 3.63) is 24.4 Å². The number of halogens is 2. The van der Waals surface area contributed by atoms with Gasteiger partial charge in [-0.05, 0) is 0 Å². The third-order valence-electron chi connectivity index (χ3n) is 0.980. The second kappa shape index (κ2) is 2.68. The zero-order valence-corrected chi connectivity index (χ0v) is 5.14. The monoisotopic (exact) mass is 148 g/mol. The van der Waals surface area contributed by atoms with Gasteiger partial charge < -0.3 is 9.47 Å². The van der Waals surface area contributed by atoms with E-state index >= 15 is 0 Å². The average molecular weight is 148 g/mol. The summed E-state index contributed by atoms with van der Waals surface area (Å²) in [6.45, 7) is 1.33. The zero-order valence-electron chi connectivity index (χ0n) is 5.14. The van der Waals surface area contributed by atoms with Crippen LogP contribution in [0.1, 0.15) is 6.42 Å². The fourth-order valence-electron chi connectivity index (χ4n) is 0.589. The van der Waals surface area contributed by atoms with Crippen LogP contribution in [0.5, 0.6) is 0 Å². The van der Waals surface area contributed by atoms with Crippen LogP contribution in [0, 0.1) is 0 Å². The van der Waals surface area contributed by atoms with Crippen molar-refractivity contribution in [2.24, 2.45) is 0 Å². The molecule has 1 rings (SSSR count). The van der Waals surface area contributed by atoms with Crippen LogP contribution in [0.25, 0.3) is 0 Å². The number of rotatable bonds is 2. The number of allylic oxidation sites excluding steroid dienone is 1. The minimum absolute atomic E-state index is 0.137. The van der Waals surface area contributed by atoms with Crippen molar-refractivity contribution in [3.63, 3.8) is 0 Å². The Bertz CT molecular complexity index is 177. The van der Waals surface area contributed by atoms with Crippen molar-refractivity contribution in [2.75, 3.05) is 0 Å². The molecular weight excluding hydrogens is 142 g/mol. The number of alkyl halides is 1. The highest BCUT2D eigenvalue weighted by atomic mass is 19.2. The van der Waals surface area contributed by atoms with Gasteiger partial charge >= 0.3 is 12.6 Å². The first-order chi connectivity index (χ1) is 4.74. The van der Waals surface area contributed by atoms with Gasteiger partial charge in [0.2, 0.25) is 0 Å². The molecule has 56 valence electrons. The molecule has 0 N–H and O–H groups in total. The maximum Gasteiger partial charge on any atom is 0.398 e. The van der Waals surface area contributed by atoms with E-state index in [9.17, 15) is 8.78 Å². The van der Waals surface area contributed by atoms with E-state index in [-0.39, 0.29) is 12.2 Å². The lowest BCUT2D eigenvalue weighted by Crippen LogP contribution is -1.98. The highest BCUT2D eigenvalue weighted by molar-refractivity contribution is 5.02. The molecule has 1 unspecified atom stereocenters. The van der Waals surface area contributed by atoms with Crippen LogP contribution >= 0.6 is 0 Å². The molecule has 4 heteroatoms. The standard InChI is InChI=1S/C6H6F2O2/c1-2-3-4-5(7)10-6(8)9-4/h2,6H,1,3H2. The number of hydrogen-bond donors (Lipinski definition) is 0. The summed E-state index contributed by atoms with van der Waals surface area (Å²) in [5, 5.41) is 0. The van der Waals surface area contributed by atoms with Crippen molar-refractivity contribution in [1.29, 1.82) is 0 Å². The summed E-state index contributed by atoms with van der Waals surface area (Å²) in [5.41, 5.74) is 0. The van der Waals surface area contributed by atoms with Crippen molar-refractivity contribution in [3.8, 4) is 0 Å². The first-order valence-electron chi connectivity index (χ1n) is 2.71. The van der Waals surface area contributed by atoms with Crippen LogP contribution < -0.4 is 0 Å². The molecule has 1 aliphatic rings. The first kappa shape index (κ1) is 7.05. The highest BCUT2D eigenvalue weighted by Gasteiger charge is 2.25. The molecule has 0 saturated heterocycles. The van der Waals surface area contributed by atoms with Crippen LogP contribution in [0.4, 0.5) is 8.78 Å². The second-order valence-corrected chi connectivity index (χ2v) is 1.70. The minimum atomic E-state index is -1.99. The lowest BCUT2D eigenvalue weighted by molar-refractivity contribution is -0.144. The summed E-state index contributed by atoms with van der Waals surface area (Å²) in [4.78, 5) is 0. The fourth-order valence-corrected chi connectivity index (χ4v) is 0.589. The number of hydrogen-bond acceptors (Lipinski definition) is 2. The van der Waals surface area contributed by atoms with Gasteiger partial charge in [-0.15, -0.1) is 6.58 Å². The van der Waals surface area contributed by atoms with Crippen molar-refractivity contribution >= 4 is 0 Å². The predicted molar refractivity (Wildman–Crippen MR) is 30.0 cm³/mol. The molecule has 0 radical (unpaired) electrons. The normalized spacial score (nSPS) is 24.0. The third-order valence-corrected chi connectivity index (χ3v) is 0.980. The maximum absolute atomic E-state index is 12.3. The predicted octanol–water partition coefficient (Wildman–Crippen LogP) is 2.00. The van der Waals surface area contributed by atoms with E-state index in [1.54, 1.807) is 0 Å². The van der Waals surface area contributed by atoms with Gasteiger partial charge in [0.25, 0.3) is 0 Å². The van der Waals surface area contributed by atoms with E-state index in [4.69, 9.17) is 0 Å². The molecule has 0 aromatic carbocycles. The van der Waals surface area contributed by atoms with Crippen LogP contribution in [0.15, 0.2) is 24.4 Å². The first-order valence-corrected chi connectivity index (χ1v) is 2.71. The molecule has 0 aliphatic carbocycles. The maximum atomic E-state index is 12.3. The highest BCUT2D eigenvalue weighted by Crippen LogP contribution is 2.25. The van der Waals surface area contributed by atoms with Gasteiger partial charge in [-0.3, -0.25) is 0 Å². The number of ether oxygens (including phenoxy) is 2. The van der Waals surface area contributed by atoms with Crippen LogP contribution in [0.3, 0.4) is 0 Å². The van der Waals surface area contributed by atoms with E-state index in [0.29, 0.717) is 0 Å². The summed E-state index contributed by atoms with van der Waals surface area (Å²) in [7, 11) is 0. The second-order valence-electron chi connectivity index (χ2n) is 1.70. The minimum Gasteiger partial charge on any atom is -0.426 e. The smallest absolute Gasteiger partial charge is 0.398 e. The molecule has 1 heterocycles. The summed E-state index contributed by atoms with van der Waals surface area (Å²) < 4.78 is 32.4. The molecule has 0 bridgehead atoms. The molecular formula is C6H6F2O2. The van der Waals surface area contributed by atoms with Gasteiger partial charge in [-0.1, -0.05) is 6.08 Å². The third kappa shape index (κ3) is 1.26. The molecule has 0 fully saturated rings. The van der Waals surface area contributed by atoms with Gasteiger partial charge in [0.05, 0.1) is 0 Å². The zero-order chi connectivity index (χ0) is 7.56. The van der Waals surface area contributed by atoms with E-state index in [0.717, 1.165) is 0 Å². The Kier molecular flexibility index (Phi) is 1.89. The Hall–Kier alpha value is -1.06. The largest absolute Gasteiger partial charge is 0.426 e. The van der Waals surface area contributed by atoms with Crippen molar-refractivity contribution < 1.29 is 18.3 Å². The average Bonchev–Trinajstić information content (AvgIpc) is 2.13.